The number of rotatable bonds is 8. The molecule has 0 aliphatic rings. The van der Waals surface area contributed by atoms with Crippen molar-refractivity contribution >= 4 is 35.6 Å². The van der Waals surface area contributed by atoms with Crippen LogP contribution in [0.15, 0.2) is 36.7 Å². The van der Waals surface area contributed by atoms with E-state index in [1.165, 1.54) is 10.9 Å². The highest BCUT2D eigenvalue weighted by molar-refractivity contribution is 6.03. The highest BCUT2D eigenvalue weighted by Gasteiger charge is 2.13. The molecule has 1 heterocycles. The van der Waals surface area contributed by atoms with Gasteiger partial charge in [0.2, 0.25) is 5.91 Å². The molecule has 0 radical (unpaired) electrons. The minimum atomic E-state index is -0.556. The number of nitrogens with zero attached hydrogens (tertiary/aromatic N) is 3. The van der Waals surface area contributed by atoms with Crippen LogP contribution in [0.4, 0.5) is 11.4 Å². The molecule has 10 nitrogen and oxygen atoms in total. The summed E-state index contributed by atoms with van der Waals surface area (Å²) < 4.78 is 1.32. The molecule has 2 rings (SSSR count). The van der Waals surface area contributed by atoms with Gasteiger partial charge in [-0.1, -0.05) is 12.1 Å². The lowest BCUT2D eigenvalue weighted by Gasteiger charge is -2.11. The third-order valence-corrected chi connectivity index (χ3v) is 3.27. The van der Waals surface area contributed by atoms with Crippen LogP contribution in [0.25, 0.3) is 0 Å². The lowest BCUT2D eigenvalue weighted by atomic mass is 10.1. The van der Waals surface area contributed by atoms with Crippen LogP contribution in [0.3, 0.4) is 0 Å². The van der Waals surface area contributed by atoms with Crippen LogP contribution in [-0.4, -0.2) is 39.6 Å². The summed E-state index contributed by atoms with van der Waals surface area (Å²) in [7, 11) is 0. The van der Waals surface area contributed by atoms with Crippen molar-refractivity contribution in [2.45, 2.75) is 13.0 Å². The molecule has 26 heavy (non-hydrogen) atoms. The van der Waals surface area contributed by atoms with Gasteiger partial charge in [0, 0.05) is 26.1 Å². The molecule has 0 saturated heterocycles. The van der Waals surface area contributed by atoms with E-state index < -0.39 is 4.92 Å². The summed E-state index contributed by atoms with van der Waals surface area (Å²) in [5.74, 6) is -0.665. The quantitative estimate of drug-likeness (QED) is 0.457. The second-order valence-corrected chi connectivity index (χ2v) is 5.11. The molecule has 140 valence electrons. The van der Waals surface area contributed by atoms with Crippen LogP contribution in [0.2, 0.25) is 0 Å². The van der Waals surface area contributed by atoms with Crippen molar-refractivity contribution in [1.29, 1.82) is 0 Å². The molecule has 0 spiro atoms. The van der Waals surface area contributed by atoms with Crippen molar-refractivity contribution in [3.63, 3.8) is 0 Å². The van der Waals surface area contributed by atoms with E-state index in [-0.39, 0.29) is 42.9 Å². The van der Waals surface area contributed by atoms with Crippen molar-refractivity contribution in [2.75, 3.05) is 18.4 Å². The van der Waals surface area contributed by atoms with Gasteiger partial charge in [0.15, 0.2) is 0 Å². The maximum absolute atomic E-state index is 12.1. The smallest absolute Gasteiger partial charge is 0.306 e. The van der Waals surface area contributed by atoms with Crippen LogP contribution < -0.4 is 16.4 Å². The van der Waals surface area contributed by atoms with Crippen LogP contribution in [0.5, 0.6) is 0 Å². The average molecular weight is 383 g/mol. The zero-order chi connectivity index (χ0) is 18.2. The summed E-state index contributed by atoms with van der Waals surface area (Å²) in [4.78, 5) is 34.2. The zero-order valence-corrected chi connectivity index (χ0v) is 14.6. The van der Waals surface area contributed by atoms with Gasteiger partial charge in [-0.25, -0.2) is 0 Å². The first kappa shape index (κ1) is 21.1. The number of nitrogens with one attached hydrogen (secondary N) is 2. The van der Waals surface area contributed by atoms with Gasteiger partial charge < -0.3 is 16.4 Å². The molecule has 11 heteroatoms. The molecule has 2 amide bonds. The van der Waals surface area contributed by atoms with Gasteiger partial charge in [0.1, 0.15) is 12.4 Å². The van der Waals surface area contributed by atoms with Crippen molar-refractivity contribution < 1.29 is 14.5 Å². The van der Waals surface area contributed by atoms with Crippen molar-refractivity contribution in [3.05, 3.63) is 52.3 Å². The fourth-order valence-corrected chi connectivity index (χ4v) is 2.07. The van der Waals surface area contributed by atoms with Crippen LogP contribution in [0.1, 0.15) is 16.8 Å². The van der Waals surface area contributed by atoms with Crippen molar-refractivity contribution in [2.24, 2.45) is 5.73 Å². The number of nitrogens with two attached hydrogens (primary N) is 1. The molecule has 1 aromatic carbocycles. The summed E-state index contributed by atoms with van der Waals surface area (Å²) >= 11 is 0. The summed E-state index contributed by atoms with van der Waals surface area (Å²) in [6.45, 7) is 0.830. The lowest BCUT2D eigenvalue weighted by Crippen LogP contribution is -2.30. The van der Waals surface area contributed by atoms with Crippen molar-refractivity contribution in [1.82, 2.24) is 15.1 Å². The Morgan fingerprint density at radius 1 is 1.31 bits per heavy atom. The molecule has 0 bridgehead atoms. The van der Waals surface area contributed by atoms with E-state index in [4.69, 9.17) is 5.73 Å². The number of amides is 2. The maximum atomic E-state index is 12.1. The zero-order valence-electron chi connectivity index (χ0n) is 13.8. The van der Waals surface area contributed by atoms with Gasteiger partial charge in [-0.3, -0.25) is 24.4 Å². The van der Waals surface area contributed by atoms with E-state index in [1.807, 2.05) is 0 Å². The molecule has 0 saturated carbocycles. The molecule has 2 aromatic rings. The first-order chi connectivity index (χ1) is 12.0. The van der Waals surface area contributed by atoms with E-state index >= 15 is 0 Å². The van der Waals surface area contributed by atoms with Crippen LogP contribution >= 0.6 is 12.4 Å². The number of anilines is 1. The van der Waals surface area contributed by atoms with Gasteiger partial charge in [0.05, 0.1) is 16.2 Å². The predicted octanol–water partition coefficient (Wildman–Crippen LogP) is 0.930. The molecule has 0 fully saturated rings. The SMILES string of the molecule is Cl.NCCNC(=O)c1ccccc1NC(=O)CCn1cc([N+](=O)[O-])cn1. The van der Waals surface area contributed by atoms with Gasteiger partial charge in [0.25, 0.3) is 5.91 Å². The standard InChI is InChI=1S/C15H18N6O4.ClH/c16-6-7-17-15(23)12-3-1-2-4-13(12)19-14(22)5-8-20-10-11(9-18-20)21(24)25;/h1-4,9-10H,5-8,16H2,(H,17,23)(H,19,22);1H. The third-order valence-electron chi connectivity index (χ3n) is 3.27. The van der Waals surface area contributed by atoms with E-state index in [9.17, 15) is 19.7 Å². The summed E-state index contributed by atoms with van der Waals surface area (Å²) in [5, 5.41) is 19.7. The van der Waals surface area contributed by atoms with Crippen LogP contribution in [0, 0.1) is 10.1 Å². The van der Waals surface area contributed by atoms with E-state index in [0.717, 1.165) is 6.20 Å². The van der Waals surface area contributed by atoms with Crippen molar-refractivity contribution in [3.8, 4) is 0 Å². The summed E-state index contributed by atoms with van der Waals surface area (Å²) in [5.41, 5.74) is 5.93. The number of aryl methyl sites for hydroxylation is 1. The highest BCUT2D eigenvalue weighted by atomic mass is 35.5. The van der Waals surface area contributed by atoms with Gasteiger partial charge in [-0.2, -0.15) is 5.10 Å². The van der Waals surface area contributed by atoms with Gasteiger partial charge >= 0.3 is 5.69 Å². The predicted molar refractivity (Wildman–Crippen MR) is 97.2 cm³/mol. The van der Waals surface area contributed by atoms with Crippen LogP contribution in [-0.2, 0) is 11.3 Å². The molecule has 0 aliphatic heterocycles. The largest absolute Gasteiger partial charge is 0.351 e. The number of hydrogen-bond acceptors (Lipinski definition) is 6. The van der Waals surface area contributed by atoms with Gasteiger partial charge in [-0.05, 0) is 12.1 Å². The molecule has 0 unspecified atom stereocenters. The lowest BCUT2D eigenvalue weighted by molar-refractivity contribution is -0.385. The minimum Gasteiger partial charge on any atom is -0.351 e. The Bertz CT molecular complexity index is 779. The molecule has 0 aliphatic carbocycles. The Kier molecular flexibility index (Phi) is 8.19. The molecule has 1 aromatic heterocycles. The summed E-state index contributed by atoms with van der Waals surface area (Å²) in [6.07, 6.45) is 2.42. The Morgan fingerprint density at radius 3 is 2.69 bits per heavy atom. The molecule has 0 atom stereocenters. The van der Waals surface area contributed by atoms with E-state index in [2.05, 4.69) is 15.7 Å². The second kappa shape index (κ2) is 10.1. The number of benzene rings is 1. The Labute approximate surface area is 155 Å². The van der Waals surface area contributed by atoms with E-state index in [1.54, 1.807) is 24.3 Å². The maximum Gasteiger partial charge on any atom is 0.306 e. The monoisotopic (exact) mass is 382 g/mol. The number of carbonyl (C=O) groups excluding carboxylic acids is 2. The number of para-hydroxylation sites is 1. The number of hydrogen-bond donors (Lipinski definition) is 3. The Hall–Kier alpha value is -2.98. The molecular weight excluding hydrogens is 364 g/mol. The molecular formula is C15H19ClN6O4. The number of nitro groups is 1. The summed E-state index contributed by atoms with van der Waals surface area (Å²) in [6, 6.07) is 6.61. The minimum absolute atomic E-state index is 0. The number of carbonyl (C=O) groups is 2. The fraction of sp³-hybridized carbons (Fsp3) is 0.267. The van der Waals surface area contributed by atoms with E-state index in [0.29, 0.717) is 24.3 Å². The second-order valence-electron chi connectivity index (χ2n) is 5.11. The Morgan fingerprint density at radius 2 is 2.04 bits per heavy atom. The highest BCUT2D eigenvalue weighted by Crippen LogP contribution is 2.15. The number of halogens is 1. The first-order valence-corrected chi connectivity index (χ1v) is 7.55. The molecule has 4 N–H and O–H groups in total. The Balaban J connectivity index is 0.00000338. The topological polar surface area (TPSA) is 145 Å². The third kappa shape index (κ3) is 5.83. The fourth-order valence-electron chi connectivity index (χ4n) is 2.07. The average Bonchev–Trinajstić information content (AvgIpc) is 3.08. The first-order valence-electron chi connectivity index (χ1n) is 7.55. The van der Waals surface area contributed by atoms with Gasteiger partial charge in [-0.15, -0.1) is 12.4 Å². The normalized spacial score (nSPS) is 9.88. The number of aromatic nitrogens is 2.